The van der Waals surface area contributed by atoms with Crippen LogP contribution in [0, 0.1) is 4.77 Å². The minimum absolute atomic E-state index is 0.139. The molecule has 0 fully saturated rings. The van der Waals surface area contributed by atoms with E-state index in [9.17, 15) is 13.6 Å². The Morgan fingerprint density at radius 3 is 2.42 bits per heavy atom. The Kier molecular flexibility index (Phi) is 4.86. The minimum atomic E-state index is -2.82. The molecule has 0 aliphatic heterocycles. The highest BCUT2D eigenvalue weighted by molar-refractivity contribution is 7.71. The number of pyridine rings is 1. The Morgan fingerprint density at radius 1 is 1.23 bits per heavy atom. The summed E-state index contributed by atoms with van der Waals surface area (Å²) in [6.45, 7) is 3.69. The molecule has 1 N–H and O–H groups in total. The topological polar surface area (TPSA) is 59.9 Å². The number of aromatic nitrogens is 3. The standard InChI is InChI=1S/C18H17F2N3O2S/c1-9(2)23-16-14(17(24)22-18(23)26)12(15(19)20)8-13(21-16)10-4-6-11(25-3)7-5-10/h4-9,15H,1-3H3,(H,22,24,26). The average Bonchev–Trinajstić information content (AvgIpc) is 2.60. The molecule has 0 unspecified atom stereocenters. The largest absolute Gasteiger partial charge is 0.497 e. The van der Waals surface area contributed by atoms with Gasteiger partial charge in [-0.3, -0.25) is 14.3 Å². The van der Waals surface area contributed by atoms with Gasteiger partial charge in [-0.1, -0.05) is 0 Å². The second-order valence-electron chi connectivity index (χ2n) is 6.05. The van der Waals surface area contributed by atoms with Crippen LogP contribution in [0.3, 0.4) is 0 Å². The van der Waals surface area contributed by atoms with Crippen LogP contribution in [-0.4, -0.2) is 21.6 Å². The number of benzene rings is 1. The highest BCUT2D eigenvalue weighted by atomic mass is 32.1. The monoisotopic (exact) mass is 377 g/mol. The Bertz CT molecular complexity index is 1070. The third kappa shape index (κ3) is 3.12. The van der Waals surface area contributed by atoms with Crippen LogP contribution in [0.25, 0.3) is 22.3 Å². The van der Waals surface area contributed by atoms with Gasteiger partial charge in [0.15, 0.2) is 4.77 Å². The predicted molar refractivity (Wildman–Crippen MR) is 98.5 cm³/mol. The van der Waals surface area contributed by atoms with Crippen LogP contribution in [0.4, 0.5) is 8.78 Å². The average molecular weight is 377 g/mol. The maximum absolute atomic E-state index is 13.7. The highest BCUT2D eigenvalue weighted by Crippen LogP contribution is 2.31. The lowest BCUT2D eigenvalue weighted by Gasteiger charge is -2.16. The fourth-order valence-corrected chi connectivity index (χ4v) is 3.22. The van der Waals surface area contributed by atoms with Gasteiger partial charge in [0.1, 0.15) is 11.4 Å². The molecule has 1 aromatic carbocycles. The molecule has 0 spiro atoms. The van der Waals surface area contributed by atoms with Gasteiger partial charge in [-0.25, -0.2) is 13.8 Å². The number of aromatic amines is 1. The molecule has 0 aliphatic carbocycles. The minimum Gasteiger partial charge on any atom is -0.497 e. The molecule has 2 aromatic heterocycles. The van der Waals surface area contributed by atoms with Crippen molar-refractivity contribution in [2.24, 2.45) is 0 Å². The van der Waals surface area contributed by atoms with Crippen LogP contribution in [-0.2, 0) is 0 Å². The van der Waals surface area contributed by atoms with Gasteiger partial charge in [0, 0.05) is 17.2 Å². The lowest BCUT2D eigenvalue weighted by Crippen LogP contribution is -2.19. The molecule has 0 aliphatic rings. The lowest BCUT2D eigenvalue weighted by atomic mass is 10.1. The molecule has 5 nitrogen and oxygen atoms in total. The van der Waals surface area contributed by atoms with Crippen LogP contribution in [0.2, 0.25) is 0 Å². The first-order chi connectivity index (χ1) is 12.3. The van der Waals surface area contributed by atoms with Gasteiger partial charge in [-0.2, -0.15) is 0 Å². The van der Waals surface area contributed by atoms with E-state index in [0.717, 1.165) is 0 Å². The van der Waals surface area contributed by atoms with E-state index in [-0.39, 0.29) is 27.4 Å². The van der Waals surface area contributed by atoms with Crippen molar-refractivity contribution in [3.8, 4) is 17.0 Å². The van der Waals surface area contributed by atoms with E-state index in [2.05, 4.69) is 9.97 Å². The highest BCUT2D eigenvalue weighted by Gasteiger charge is 2.21. The van der Waals surface area contributed by atoms with Crippen LogP contribution in [0.1, 0.15) is 31.9 Å². The summed E-state index contributed by atoms with van der Waals surface area (Å²) < 4.78 is 34.2. The van der Waals surface area contributed by atoms with Crippen molar-refractivity contribution < 1.29 is 13.5 Å². The number of ether oxygens (including phenoxy) is 1. The summed E-state index contributed by atoms with van der Waals surface area (Å²) in [5, 5.41) is -0.139. The molecule has 3 rings (SSSR count). The van der Waals surface area contributed by atoms with Gasteiger partial charge in [-0.15, -0.1) is 0 Å². The number of halogens is 2. The van der Waals surface area contributed by atoms with Crippen LogP contribution in [0.5, 0.6) is 5.75 Å². The molecule has 3 aromatic rings. The van der Waals surface area contributed by atoms with Crippen molar-refractivity contribution in [2.45, 2.75) is 26.3 Å². The summed E-state index contributed by atoms with van der Waals surface area (Å²) in [5.41, 5.74) is 0.0933. The van der Waals surface area contributed by atoms with Gasteiger partial charge in [0.05, 0.1) is 18.2 Å². The summed E-state index contributed by atoms with van der Waals surface area (Å²) in [4.78, 5) is 19.3. The Hall–Kier alpha value is -2.61. The third-order valence-corrected chi connectivity index (χ3v) is 4.36. The van der Waals surface area contributed by atoms with Crippen LogP contribution >= 0.6 is 12.2 Å². The van der Waals surface area contributed by atoms with Crippen LogP contribution in [0.15, 0.2) is 35.1 Å². The summed E-state index contributed by atoms with van der Waals surface area (Å²) in [6, 6.07) is 7.98. The quantitative estimate of drug-likeness (QED) is 0.673. The van der Waals surface area contributed by atoms with Gasteiger partial charge in [-0.05, 0) is 56.4 Å². The number of nitrogens with zero attached hydrogens (tertiary/aromatic N) is 2. The van der Waals surface area contributed by atoms with Crippen molar-refractivity contribution >= 4 is 23.3 Å². The third-order valence-electron chi connectivity index (χ3n) is 4.06. The fraction of sp³-hybridized carbons (Fsp3) is 0.278. The summed E-state index contributed by atoms with van der Waals surface area (Å²) in [7, 11) is 1.54. The number of rotatable bonds is 4. The summed E-state index contributed by atoms with van der Waals surface area (Å²) >= 11 is 5.21. The Morgan fingerprint density at radius 2 is 1.88 bits per heavy atom. The van der Waals surface area contributed by atoms with E-state index in [1.807, 2.05) is 13.8 Å². The van der Waals surface area contributed by atoms with Gasteiger partial charge < -0.3 is 4.74 Å². The predicted octanol–water partition coefficient (Wildman–Crippen LogP) is 4.65. The summed E-state index contributed by atoms with van der Waals surface area (Å²) in [6.07, 6.45) is -2.82. The number of alkyl halides is 2. The first-order valence-electron chi connectivity index (χ1n) is 7.95. The molecule has 0 atom stereocenters. The lowest BCUT2D eigenvalue weighted by molar-refractivity contribution is 0.153. The number of hydrogen-bond acceptors (Lipinski definition) is 4. The van der Waals surface area contributed by atoms with E-state index in [1.165, 1.54) is 6.07 Å². The molecular formula is C18H17F2N3O2S. The van der Waals surface area contributed by atoms with E-state index in [0.29, 0.717) is 17.0 Å². The molecule has 0 saturated carbocycles. The molecular weight excluding hydrogens is 360 g/mol. The van der Waals surface area contributed by atoms with E-state index in [4.69, 9.17) is 17.0 Å². The molecule has 0 radical (unpaired) electrons. The molecule has 0 amide bonds. The molecule has 0 bridgehead atoms. The zero-order chi connectivity index (χ0) is 19.0. The SMILES string of the molecule is COc1ccc(-c2cc(C(F)F)c3c(=O)[nH]c(=S)n(C(C)C)c3n2)cc1. The smallest absolute Gasteiger partial charge is 0.264 e. The van der Waals surface area contributed by atoms with Crippen LogP contribution < -0.4 is 10.3 Å². The second-order valence-corrected chi connectivity index (χ2v) is 6.43. The number of methoxy groups -OCH3 is 1. The van der Waals surface area contributed by atoms with Crippen molar-refractivity contribution in [3.05, 3.63) is 51.0 Å². The summed E-state index contributed by atoms with van der Waals surface area (Å²) in [5.74, 6) is 0.644. The molecule has 26 heavy (non-hydrogen) atoms. The van der Waals surface area contributed by atoms with E-state index in [1.54, 1.807) is 35.9 Å². The van der Waals surface area contributed by atoms with Gasteiger partial charge in [0.2, 0.25) is 0 Å². The number of nitrogens with one attached hydrogen (secondary N) is 1. The first-order valence-corrected chi connectivity index (χ1v) is 8.36. The molecule has 0 saturated heterocycles. The maximum atomic E-state index is 13.7. The van der Waals surface area contributed by atoms with E-state index >= 15 is 0 Å². The van der Waals surface area contributed by atoms with Crippen molar-refractivity contribution in [3.63, 3.8) is 0 Å². The first kappa shape index (κ1) is 18.2. The molecule has 8 heteroatoms. The Balaban J connectivity index is 2.41. The number of hydrogen-bond donors (Lipinski definition) is 1. The maximum Gasteiger partial charge on any atom is 0.264 e. The van der Waals surface area contributed by atoms with Gasteiger partial charge in [0.25, 0.3) is 12.0 Å². The van der Waals surface area contributed by atoms with Gasteiger partial charge >= 0.3 is 0 Å². The molecule has 136 valence electrons. The zero-order valence-corrected chi connectivity index (χ0v) is 15.2. The number of fused-ring (bicyclic) bond motifs is 1. The normalized spacial score (nSPS) is 11.5. The Labute approximate surface area is 153 Å². The van der Waals surface area contributed by atoms with E-state index < -0.39 is 12.0 Å². The second kappa shape index (κ2) is 6.95. The zero-order valence-electron chi connectivity index (χ0n) is 14.4. The van der Waals surface area contributed by atoms with Crippen molar-refractivity contribution in [2.75, 3.05) is 7.11 Å². The molecule has 2 heterocycles. The van der Waals surface area contributed by atoms with Crippen molar-refractivity contribution in [1.29, 1.82) is 0 Å². The fourth-order valence-electron chi connectivity index (χ4n) is 2.83. The number of H-pyrrole nitrogens is 1. The van der Waals surface area contributed by atoms with Crippen molar-refractivity contribution in [1.82, 2.24) is 14.5 Å².